The number of amides is 1. The molecule has 3 rings (SSSR count). The Morgan fingerprint density at radius 3 is 2.54 bits per heavy atom. The molecule has 0 bridgehead atoms. The van der Waals surface area contributed by atoms with E-state index in [2.05, 4.69) is 15.4 Å². The molecule has 6 nitrogen and oxygen atoms in total. The number of nitrogens with zero attached hydrogens (tertiary/aromatic N) is 3. The maximum atomic E-state index is 12.6. The molecule has 0 spiro atoms. The molecule has 2 heterocycles. The molecule has 0 aliphatic rings. The molecule has 0 saturated carbocycles. The summed E-state index contributed by atoms with van der Waals surface area (Å²) < 4.78 is 6.93. The van der Waals surface area contributed by atoms with Crippen LogP contribution in [0, 0.1) is 0 Å². The van der Waals surface area contributed by atoms with Crippen molar-refractivity contribution in [3.63, 3.8) is 0 Å². The van der Waals surface area contributed by atoms with E-state index in [0.29, 0.717) is 5.75 Å². The number of methoxy groups -OCH3 is 1. The Labute approximate surface area is 140 Å². The normalized spacial score (nSPS) is 11.8. The highest BCUT2D eigenvalue weighted by atomic mass is 16.5. The van der Waals surface area contributed by atoms with E-state index in [9.17, 15) is 4.79 Å². The molecule has 0 saturated heterocycles. The van der Waals surface area contributed by atoms with Gasteiger partial charge in [0, 0.05) is 12.4 Å². The van der Waals surface area contributed by atoms with E-state index < -0.39 is 0 Å². The highest BCUT2D eigenvalue weighted by Crippen LogP contribution is 2.20. The zero-order valence-corrected chi connectivity index (χ0v) is 13.5. The van der Waals surface area contributed by atoms with E-state index in [4.69, 9.17) is 4.74 Å². The van der Waals surface area contributed by atoms with Crippen LogP contribution in [0.2, 0.25) is 0 Å². The fraction of sp³-hybridized carbons (Fsp3) is 0.167. The largest absolute Gasteiger partial charge is 0.493 e. The third-order valence-corrected chi connectivity index (χ3v) is 3.69. The monoisotopic (exact) mass is 322 g/mol. The fourth-order valence-corrected chi connectivity index (χ4v) is 2.38. The minimum atomic E-state index is -0.286. The van der Waals surface area contributed by atoms with Gasteiger partial charge in [-0.25, -0.2) is 4.68 Å². The summed E-state index contributed by atoms with van der Waals surface area (Å²) in [4.78, 5) is 16.6. The first kappa shape index (κ1) is 15.7. The number of para-hydroxylation sites is 1. The Morgan fingerprint density at radius 2 is 1.88 bits per heavy atom. The summed E-state index contributed by atoms with van der Waals surface area (Å²) in [6.45, 7) is 1.91. The fourth-order valence-electron chi connectivity index (χ4n) is 2.38. The molecule has 3 aromatic rings. The topological polar surface area (TPSA) is 69.0 Å². The zero-order valence-electron chi connectivity index (χ0n) is 13.5. The Balaban J connectivity index is 1.83. The van der Waals surface area contributed by atoms with Crippen molar-refractivity contribution in [3.05, 3.63) is 72.3 Å². The van der Waals surface area contributed by atoms with Gasteiger partial charge < -0.3 is 10.1 Å². The quantitative estimate of drug-likeness (QED) is 0.784. The van der Waals surface area contributed by atoms with Gasteiger partial charge in [-0.1, -0.05) is 18.2 Å². The second-order valence-corrected chi connectivity index (χ2v) is 5.30. The molecule has 1 N–H and O–H groups in total. The number of carbonyl (C=O) groups is 1. The minimum Gasteiger partial charge on any atom is -0.493 e. The Bertz CT molecular complexity index is 816. The number of aromatic nitrogens is 3. The van der Waals surface area contributed by atoms with Crippen LogP contribution in [0.3, 0.4) is 0 Å². The molecule has 0 fully saturated rings. The van der Waals surface area contributed by atoms with Crippen molar-refractivity contribution in [3.8, 4) is 11.4 Å². The highest BCUT2D eigenvalue weighted by Gasteiger charge is 2.20. The predicted octanol–water partition coefficient (Wildman–Crippen LogP) is 2.77. The lowest BCUT2D eigenvalue weighted by molar-refractivity contribution is 0.0931. The summed E-state index contributed by atoms with van der Waals surface area (Å²) in [6, 6.07) is 13.1. The number of benzene rings is 1. The van der Waals surface area contributed by atoms with Crippen molar-refractivity contribution < 1.29 is 9.53 Å². The van der Waals surface area contributed by atoms with Crippen molar-refractivity contribution in [1.82, 2.24) is 20.1 Å². The molecule has 6 heteroatoms. The first-order valence-electron chi connectivity index (χ1n) is 7.59. The van der Waals surface area contributed by atoms with Crippen LogP contribution in [-0.2, 0) is 0 Å². The van der Waals surface area contributed by atoms with Crippen LogP contribution < -0.4 is 10.1 Å². The van der Waals surface area contributed by atoms with Crippen molar-refractivity contribution in [2.24, 2.45) is 0 Å². The molecular weight excluding hydrogens is 304 g/mol. The first-order chi connectivity index (χ1) is 11.7. The Hall–Kier alpha value is -3.15. The average molecular weight is 322 g/mol. The average Bonchev–Trinajstić information content (AvgIpc) is 3.08. The first-order valence-corrected chi connectivity index (χ1v) is 7.59. The molecular formula is C18H18N4O2. The lowest BCUT2D eigenvalue weighted by Gasteiger charge is -2.13. The van der Waals surface area contributed by atoms with Gasteiger partial charge in [-0.05, 0) is 36.8 Å². The minimum absolute atomic E-state index is 0.160. The molecule has 1 amide bonds. The van der Waals surface area contributed by atoms with Crippen LogP contribution in [0.25, 0.3) is 5.69 Å². The molecule has 2 aromatic heterocycles. The van der Waals surface area contributed by atoms with Crippen LogP contribution in [0.4, 0.5) is 0 Å². The number of rotatable bonds is 5. The summed E-state index contributed by atoms with van der Waals surface area (Å²) >= 11 is 0. The molecule has 0 aliphatic heterocycles. The van der Waals surface area contributed by atoms with E-state index in [0.717, 1.165) is 11.3 Å². The standard InChI is InChI=1S/C18H18N4O2/c1-13(14-8-10-19-11-9-14)20-18(23)17-16(24-2)12-22(21-17)15-6-4-3-5-7-15/h3-13H,1-2H3,(H,20,23). The number of hydrogen-bond donors (Lipinski definition) is 1. The number of pyridine rings is 1. The van der Waals surface area contributed by atoms with Crippen LogP contribution in [0.5, 0.6) is 5.75 Å². The predicted molar refractivity (Wildman–Crippen MR) is 90.2 cm³/mol. The molecule has 0 radical (unpaired) electrons. The van der Waals surface area contributed by atoms with Crippen molar-refractivity contribution in [1.29, 1.82) is 0 Å². The zero-order chi connectivity index (χ0) is 16.9. The summed E-state index contributed by atoms with van der Waals surface area (Å²) in [6.07, 6.45) is 5.09. The number of nitrogens with one attached hydrogen (secondary N) is 1. The van der Waals surface area contributed by atoms with E-state index >= 15 is 0 Å². The van der Waals surface area contributed by atoms with Gasteiger partial charge in [-0.15, -0.1) is 0 Å². The molecule has 1 unspecified atom stereocenters. The molecule has 1 atom stereocenters. The van der Waals surface area contributed by atoms with E-state index in [1.54, 1.807) is 23.3 Å². The highest BCUT2D eigenvalue weighted by molar-refractivity contribution is 5.95. The van der Waals surface area contributed by atoms with Gasteiger partial charge in [-0.2, -0.15) is 5.10 Å². The summed E-state index contributed by atoms with van der Waals surface area (Å²) in [5.41, 5.74) is 2.08. The Kier molecular flexibility index (Phi) is 4.56. The third kappa shape index (κ3) is 3.27. The summed E-state index contributed by atoms with van der Waals surface area (Å²) in [5.74, 6) is 0.143. The van der Waals surface area contributed by atoms with Crippen LogP contribution in [0.15, 0.2) is 61.1 Å². The van der Waals surface area contributed by atoms with Crippen molar-refractivity contribution in [2.45, 2.75) is 13.0 Å². The molecule has 122 valence electrons. The second-order valence-electron chi connectivity index (χ2n) is 5.30. The molecule has 0 aliphatic carbocycles. The van der Waals surface area contributed by atoms with Gasteiger partial charge in [0.25, 0.3) is 5.91 Å². The molecule has 24 heavy (non-hydrogen) atoms. The smallest absolute Gasteiger partial charge is 0.276 e. The van der Waals surface area contributed by atoms with Crippen molar-refractivity contribution >= 4 is 5.91 Å². The van der Waals surface area contributed by atoms with Crippen LogP contribution in [0.1, 0.15) is 29.0 Å². The van der Waals surface area contributed by atoms with Gasteiger partial charge in [0.1, 0.15) is 0 Å². The van der Waals surface area contributed by atoms with Gasteiger partial charge in [-0.3, -0.25) is 9.78 Å². The lowest BCUT2D eigenvalue weighted by Crippen LogP contribution is -2.27. The number of carbonyl (C=O) groups excluding carboxylic acids is 1. The second kappa shape index (κ2) is 6.95. The van der Waals surface area contributed by atoms with Crippen LogP contribution >= 0.6 is 0 Å². The van der Waals surface area contributed by atoms with Crippen LogP contribution in [-0.4, -0.2) is 27.8 Å². The summed E-state index contributed by atoms with van der Waals surface area (Å²) in [5, 5.41) is 7.29. The Morgan fingerprint density at radius 1 is 1.17 bits per heavy atom. The maximum absolute atomic E-state index is 12.6. The van der Waals surface area contributed by atoms with Gasteiger partial charge in [0.2, 0.25) is 0 Å². The van der Waals surface area contributed by atoms with Gasteiger partial charge in [0.05, 0.1) is 25.0 Å². The summed E-state index contributed by atoms with van der Waals surface area (Å²) in [7, 11) is 1.52. The maximum Gasteiger partial charge on any atom is 0.276 e. The molecule has 1 aromatic carbocycles. The van der Waals surface area contributed by atoms with E-state index in [-0.39, 0.29) is 17.6 Å². The van der Waals surface area contributed by atoms with Crippen molar-refractivity contribution in [2.75, 3.05) is 7.11 Å². The third-order valence-electron chi connectivity index (χ3n) is 3.69. The lowest BCUT2D eigenvalue weighted by atomic mass is 10.1. The SMILES string of the molecule is COc1cn(-c2ccccc2)nc1C(=O)NC(C)c1ccncc1. The van der Waals surface area contributed by atoms with Gasteiger partial charge >= 0.3 is 0 Å². The van der Waals surface area contributed by atoms with Gasteiger partial charge in [0.15, 0.2) is 11.4 Å². The van der Waals surface area contributed by atoms with E-state index in [1.807, 2.05) is 49.4 Å². The van der Waals surface area contributed by atoms with E-state index in [1.165, 1.54) is 7.11 Å². The number of hydrogen-bond acceptors (Lipinski definition) is 4. The number of ether oxygens (including phenoxy) is 1.